The number of fused-ring (bicyclic) bond motifs is 1. The molecule has 1 aromatic carbocycles. The van der Waals surface area contributed by atoms with Gasteiger partial charge in [-0.05, 0) is 19.0 Å². The predicted molar refractivity (Wildman–Crippen MR) is 78.7 cm³/mol. The number of para-hydroxylation sites is 1. The predicted octanol–water partition coefficient (Wildman–Crippen LogP) is 2.98. The molecule has 1 aliphatic rings. The molecule has 1 aliphatic heterocycles. The molecular formula is C16H21N3O. The lowest BCUT2D eigenvalue weighted by atomic mass is 9.94. The monoisotopic (exact) mass is 271 g/mol. The van der Waals surface area contributed by atoms with E-state index < -0.39 is 0 Å². The van der Waals surface area contributed by atoms with Gasteiger partial charge in [0.2, 0.25) is 0 Å². The van der Waals surface area contributed by atoms with Crippen LogP contribution in [0.25, 0.3) is 0 Å². The van der Waals surface area contributed by atoms with Crippen LogP contribution in [0.4, 0.5) is 0 Å². The molecule has 0 fully saturated rings. The molecule has 0 amide bonds. The Hall–Kier alpha value is -1.81. The van der Waals surface area contributed by atoms with Gasteiger partial charge in [0.25, 0.3) is 0 Å². The fourth-order valence-corrected chi connectivity index (χ4v) is 2.74. The second-order valence-electron chi connectivity index (χ2n) is 5.33. The summed E-state index contributed by atoms with van der Waals surface area (Å²) in [5.41, 5.74) is 2.41. The second-order valence-corrected chi connectivity index (χ2v) is 5.33. The van der Waals surface area contributed by atoms with Crippen LogP contribution in [-0.2, 0) is 7.05 Å². The van der Waals surface area contributed by atoms with Crippen LogP contribution in [0.2, 0.25) is 0 Å². The Morgan fingerprint density at radius 3 is 3.00 bits per heavy atom. The SMILES string of the molecule is CCCNC1CC(c2cnn(C)c2)Oc2ccccc21. The van der Waals surface area contributed by atoms with Crippen LogP contribution in [0.3, 0.4) is 0 Å². The molecule has 4 heteroatoms. The molecular weight excluding hydrogens is 250 g/mol. The highest BCUT2D eigenvalue weighted by molar-refractivity contribution is 5.38. The number of ether oxygens (including phenoxy) is 1. The summed E-state index contributed by atoms with van der Waals surface area (Å²) in [7, 11) is 1.94. The molecule has 2 atom stereocenters. The first-order valence-electron chi connectivity index (χ1n) is 7.25. The number of aromatic nitrogens is 2. The molecule has 1 N–H and O–H groups in total. The molecule has 0 radical (unpaired) electrons. The van der Waals surface area contributed by atoms with Gasteiger partial charge >= 0.3 is 0 Å². The molecule has 1 aromatic heterocycles. The Bertz CT molecular complexity index is 579. The van der Waals surface area contributed by atoms with Crippen molar-refractivity contribution in [3.8, 4) is 5.75 Å². The van der Waals surface area contributed by atoms with Crippen molar-refractivity contribution in [1.82, 2.24) is 15.1 Å². The van der Waals surface area contributed by atoms with E-state index in [1.807, 2.05) is 30.2 Å². The zero-order valence-electron chi connectivity index (χ0n) is 12.0. The van der Waals surface area contributed by atoms with Crippen molar-refractivity contribution in [1.29, 1.82) is 0 Å². The van der Waals surface area contributed by atoms with Crippen molar-refractivity contribution < 1.29 is 4.74 Å². The van der Waals surface area contributed by atoms with Gasteiger partial charge in [0.15, 0.2) is 0 Å². The summed E-state index contributed by atoms with van der Waals surface area (Å²) in [5.74, 6) is 0.987. The molecule has 0 saturated carbocycles. The number of hydrogen-bond donors (Lipinski definition) is 1. The molecule has 2 aromatic rings. The van der Waals surface area contributed by atoms with Crippen LogP contribution < -0.4 is 10.1 Å². The van der Waals surface area contributed by atoms with Crippen LogP contribution in [0, 0.1) is 0 Å². The fraction of sp³-hybridized carbons (Fsp3) is 0.438. The molecule has 0 aliphatic carbocycles. The largest absolute Gasteiger partial charge is 0.485 e. The Morgan fingerprint density at radius 2 is 2.25 bits per heavy atom. The van der Waals surface area contributed by atoms with Crippen LogP contribution >= 0.6 is 0 Å². The smallest absolute Gasteiger partial charge is 0.129 e. The van der Waals surface area contributed by atoms with E-state index >= 15 is 0 Å². The van der Waals surface area contributed by atoms with Gasteiger partial charge in [-0.25, -0.2) is 0 Å². The molecule has 2 heterocycles. The van der Waals surface area contributed by atoms with Crippen LogP contribution in [0.15, 0.2) is 36.7 Å². The van der Waals surface area contributed by atoms with Gasteiger partial charge in [0.05, 0.1) is 6.20 Å². The van der Waals surface area contributed by atoms with Gasteiger partial charge in [-0.15, -0.1) is 0 Å². The van der Waals surface area contributed by atoms with Gasteiger partial charge in [-0.1, -0.05) is 25.1 Å². The molecule has 106 valence electrons. The Morgan fingerprint density at radius 1 is 1.40 bits per heavy atom. The van der Waals surface area contributed by atoms with E-state index in [2.05, 4.69) is 35.5 Å². The average molecular weight is 271 g/mol. The van der Waals surface area contributed by atoms with Gasteiger partial charge < -0.3 is 10.1 Å². The summed E-state index contributed by atoms with van der Waals surface area (Å²) in [6.45, 7) is 3.22. The summed E-state index contributed by atoms with van der Waals surface area (Å²) in [4.78, 5) is 0. The first-order chi connectivity index (χ1) is 9.78. The highest BCUT2D eigenvalue weighted by Gasteiger charge is 2.29. The normalized spacial score (nSPS) is 21.3. The van der Waals surface area contributed by atoms with Gasteiger partial charge in [-0.2, -0.15) is 5.10 Å². The number of nitrogens with one attached hydrogen (secondary N) is 1. The van der Waals surface area contributed by atoms with Crippen LogP contribution in [0.5, 0.6) is 5.75 Å². The van der Waals surface area contributed by atoms with Gasteiger partial charge in [0.1, 0.15) is 11.9 Å². The molecule has 4 nitrogen and oxygen atoms in total. The third-order valence-electron chi connectivity index (χ3n) is 3.75. The number of nitrogens with zero attached hydrogens (tertiary/aromatic N) is 2. The lowest BCUT2D eigenvalue weighted by Gasteiger charge is -2.32. The first kappa shape index (κ1) is 13.2. The Balaban J connectivity index is 1.87. The Labute approximate surface area is 119 Å². The summed E-state index contributed by atoms with van der Waals surface area (Å²) in [5, 5.41) is 7.88. The number of rotatable bonds is 4. The van der Waals surface area contributed by atoms with Crippen molar-refractivity contribution in [3.63, 3.8) is 0 Å². The zero-order chi connectivity index (χ0) is 13.9. The van der Waals surface area contributed by atoms with Crippen molar-refractivity contribution in [2.24, 2.45) is 7.05 Å². The summed E-state index contributed by atoms with van der Waals surface area (Å²) >= 11 is 0. The molecule has 20 heavy (non-hydrogen) atoms. The minimum atomic E-state index is 0.0768. The molecule has 2 unspecified atom stereocenters. The highest BCUT2D eigenvalue weighted by atomic mass is 16.5. The van der Waals surface area contributed by atoms with Crippen molar-refractivity contribution in [2.45, 2.75) is 31.9 Å². The first-order valence-corrected chi connectivity index (χ1v) is 7.25. The topological polar surface area (TPSA) is 39.1 Å². The minimum Gasteiger partial charge on any atom is -0.485 e. The number of hydrogen-bond acceptors (Lipinski definition) is 3. The van der Waals surface area contributed by atoms with E-state index in [4.69, 9.17) is 4.74 Å². The van der Waals surface area contributed by atoms with E-state index in [-0.39, 0.29) is 6.10 Å². The molecule has 0 saturated heterocycles. The maximum Gasteiger partial charge on any atom is 0.129 e. The summed E-state index contributed by atoms with van der Waals surface area (Å²) in [6, 6.07) is 8.67. The summed E-state index contributed by atoms with van der Waals surface area (Å²) in [6.07, 6.45) is 6.10. The zero-order valence-corrected chi connectivity index (χ0v) is 12.0. The maximum atomic E-state index is 6.15. The van der Waals surface area contributed by atoms with E-state index in [0.717, 1.165) is 30.7 Å². The molecule has 3 rings (SSSR count). The fourth-order valence-electron chi connectivity index (χ4n) is 2.74. The van der Waals surface area contributed by atoms with Crippen LogP contribution in [0.1, 0.15) is 43.0 Å². The maximum absolute atomic E-state index is 6.15. The van der Waals surface area contributed by atoms with Gasteiger partial charge in [0, 0.05) is 36.8 Å². The standard InChI is InChI=1S/C16H21N3O/c1-3-8-17-14-9-16(12-10-18-19(2)11-12)20-15-7-5-4-6-13(14)15/h4-7,10-11,14,16-17H,3,8-9H2,1-2H3. The Kier molecular flexibility index (Phi) is 3.74. The van der Waals surface area contributed by atoms with E-state index in [1.165, 1.54) is 5.56 Å². The quantitative estimate of drug-likeness (QED) is 0.929. The lowest BCUT2D eigenvalue weighted by Crippen LogP contribution is -2.29. The van der Waals surface area contributed by atoms with E-state index in [0.29, 0.717) is 6.04 Å². The van der Waals surface area contributed by atoms with Gasteiger partial charge in [-0.3, -0.25) is 4.68 Å². The number of benzene rings is 1. The third-order valence-corrected chi connectivity index (χ3v) is 3.75. The van der Waals surface area contributed by atoms with Crippen molar-refractivity contribution in [3.05, 3.63) is 47.8 Å². The van der Waals surface area contributed by atoms with E-state index in [9.17, 15) is 0 Å². The molecule has 0 bridgehead atoms. The minimum absolute atomic E-state index is 0.0768. The van der Waals surface area contributed by atoms with E-state index in [1.54, 1.807) is 0 Å². The van der Waals surface area contributed by atoms with Crippen LogP contribution in [-0.4, -0.2) is 16.3 Å². The third kappa shape index (κ3) is 2.56. The number of aryl methyl sites for hydroxylation is 1. The highest BCUT2D eigenvalue weighted by Crippen LogP contribution is 2.40. The van der Waals surface area contributed by atoms with Crippen molar-refractivity contribution in [2.75, 3.05) is 6.54 Å². The second kappa shape index (κ2) is 5.67. The molecule has 0 spiro atoms. The lowest BCUT2D eigenvalue weighted by molar-refractivity contribution is 0.151. The average Bonchev–Trinajstić information content (AvgIpc) is 2.91. The van der Waals surface area contributed by atoms with Crippen molar-refractivity contribution >= 4 is 0 Å². The summed E-state index contributed by atoms with van der Waals surface area (Å²) < 4.78 is 7.98.